The van der Waals surface area contributed by atoms with Crippen molar-refractivity contribution in [1.29, 1.82) is 0 Å². The molecule has 42 heavy (non-hydrogen) atoms. The maximum absolute atomic E-state index is 13.6. The normalized spacial score (nSPS) is 17.8. The van der Waals surface area contributed by atoms with Crippen molar-refractivity contribution < 1.29 is 38.5 Å². The van der Waals surface area contributed by atoms with Crippen molar-refractivity contribution in [3.05, 3.63) is 42.1 Å². The Kier molecular flexibility index (Phi) is 9.94. The molecule has 0 aliphatic carbocycles. The molecule has 1 aromatic heterocycles. The molecule has 0 bridgehead atoms. The number of nitrogens with one attached hydrogen (secondary N) is 1. The van der Waals surface area contributed by atoms with Gasteiger partial charge in [-0.1, -0.05) is 30.3 Å². The van der Waals surface area contributed by atoms with Crippen LogP contribution in [-0.4, -0.2) is 106 Å². The smallest absolute Gasteiger partial charge is 0.407 e. The van der Waals surface area contributed by atoms with Gasteiger partial charge in [-0.25, -0.2) is 9.78 Å². The Labute approximate surface area is 244 Å². The van der Waals surface area contributed by atoms with Crippen molar-refractivity contribution in [2.24, 2.45) is 0 Å². The predicted octanol–water partition coefficient (Wildman–Crippen LogP) is 2.35. The van der Waals surface area contributed by atoms with Crippen LogP contribution in [0.4, 0.5) is 4.79 Å². The van der Waals surface area contributed by atoms with Crippen LogP contribution in [0.5, 0.6) is 5.88 Å². The summed E-state index contributed by atoms with van der Waals surface area (Å²) >= 11 is 0. The first-order chi connectivity index (χ1) is 20.0. The number of rotatable bonds is 9. The third-order valence-corrected chi connectivity index (χ3v) is 6.67. The van der Waals surface area contributed by atoms with Crippen molar-refractivity contribution in [1.82, 2.24) is 25.1 Å². The Morgan fingerprint density at radius 2 is 1.76 bits per heavy atom. The molecule has 2 N–H and O–H groups in total. The molecule has 2 atom stereocenters. The molecule has 3 heterocycles. The average Bonchev–Trinajstić information content (AvgIpc) is 3.47. The molecule has 13 heteroatoms. The number of hydrogen-bond donors (Lipinski definition) is 2. The molecule has 226 valence electrons. The Morgan fingerprint density at radius 1 is 1.07 bits per heavy atom. The van der Waals surface area contributed by atoms with E-state index in [-0.39, 0.29) is 62.5 Å². The molecule has 2 saturated heterocycles. The first-order valence-electron chi connectivity index (χ1n) is 14.0. The summed E-state index contributed by atoms with van der Waals surface area (Å²) in [5.74, 6) is -1.10. The second-order valence-electron chi connectivity index (χ2n) is 11.1. The number of ether oxygens (including phenoxy) is 3. The summed E-state index contributed by atoms with van der Waals surface area (Å²) in [6, 6.07) is 9.46. The van der Waals surface area contributed by atoms with Crippen molar-refractivity contribution >= 4 is 23.9 Å². The molecular weight excluding hydrogens is 546 g/mol. The molecule has 13 nitrogen and oxygen atoms in total. The molecule has 0 unspecified atom stereocenters. The van der Waals surface area contributed by atoms with Crippen molar-refractivity contribution in [2.45, 2.75) is 57.8 Å². The second kappa shape index (κ2) is 13.6. The van der Waals surface area contributed by atoms with Gasteiger partial charge in [0.05, 0.1) is 13.2 Å². The zero-order valence-electron chi connectivity index (χ0n) is 24.1. The number of aromatic nitrogens is 2. The fraction of sp³-hybridized carbons (Fsp3) is 0.517. The van der Waals surface area contributed by atoms with E-state index in [2.05, 4.69) is 15.3 Å². The van der Waals surface area contributed by atoms with E-state index in [0.29, 0.717) is 25.2 Å². The van der Waals surface area contributed by atoms with Crippen molar-refractivity contribution in [2.75, 3.05) is 39.4 Å². The molecule has 2 fully saturated rings. The predicted molar refractivity (Wildman–Crippen MR) is 150 cm³/mol. The largest absolute Gasteiger partial charge is 0.472 e. The van der Waals surface area contributed by atoms with Gasteiger partial charge in [0.25, 0.3) is 5.91 Å². The monoisotopic (exact) mass is 583 g/mol. The topological polar surface area (TPSA) is 160 Å². The minimum absolute atomic E-state index is 0.0106. The van der Waals surface area contributed by atoms with Gasteiger partial charge in [-0.2, -0.15) is 4.98 Å². The van der Waals surface area contributed by atoms with E-state index in [0.717, 1.165) is 0 Å². The lowest BCUT2D eigenvalue weighted by Crippen LogP contribution is -2.55. The summed E-state index contributed by atoms with van der Waals surface area (Å²) in [5, 5.41) is 12.0. The molecule has 2 aliphatic heterocycles. The van der Waals surface area contributed by atoms with Crippen LogP contribution in [0.2, 0.25) is 0 Å². The van der Waals surface area contributed by atoms with E-state index >= 15 is 0 Å². The van der Waals surface area contributed by atoms with Gasteiger partial charge in [0.15, 0.2) is 5.82 Å². The van der Waals surface area contributed by atoms with Gasteiger partial charge in [0.2, 0.25) is 11.8 Å². The van der Waals surface area contributed by atoms with Crippen LogP contribution in [0.1, 0.15) is 50.5 Å². The number of carbonyl (C=O) groups excluding carboxylic acids is 3. The Bertz CT molecular complexity index is 1270. The highest BCUT2D eigenvalue weighted by molar-refractivity contribution is 5.96. The van der Waals surface area contributed by atoms with Crippen molar-refractivity contribution in [3.63, 3.8) is 0 Å². The lowest BCUT2D eigenvalue weighted by Gasteiger charge is -2.35. The molecular formula is C29H37N5O8. The zero-order valence-corrected chi connectivity index (χ0v) is 24.1. The van der Waals surface area contributed by atoms with E-state index in [4.69, 9.17) is 14.2 Å². The van der Waals surface area contributed by atoms with E-state index in [1.165, 1.54) is 15.9 Å². The summed E-state index contributed by atoms with van der Waals surface area (Å²) in [5.41, 5.74) is -0.0419. The SMILES string of the molecule is CC(C)(C)OC(=O)CC[C@H](NC(=O)c1cc(O[C@H]2CCOC2)nc(-c2ccccc2)n1)C(=O)N1CCN(C(=O)O)CC1. The van der Waals surface area contributed by atoms with Crippen LogP contribution in [0.3, 0.4) is 0 Å². The first-order valence-corrected chi connectivity index (χ1v) is 14.0. The number of esters is 1. The molecule has 0 spiro atoms. The minimum Gasteiger partial charge on any atom is -0.472 e. The van der Waals surface area contributed by atoms with Gasteiger partial charge >= 0.3 is 12.1 Å². The minimum atomic E-state index is -1.08. The number of hydrogen-bond acceptors (Lipinski definition) is 9. The van der Waals surface area contributed by atoms with Crippen LogP contribution < -0.4 is 10.1 Å². The molecule has 0 radical (unpaired) electrons. The number of carboxylic acid groups (broad SMARTS) is 1. The summed E-state index contributed by atoms with van der Waals surface area (Å²) < 4.78 is 16.8. The van der Waals surface area contributed by atoms with E-state index < -0.39 is 35.5 Å². The maximum Gasteiger partial charge on any atom is 0.407 e. The Morgan fingerprint density at radius 3 is 2.38 bits per heavy atom. The molecule has 4 rings (SSSR count). The first kappa shape index (κ1) is 30.7. The van der Waals surface area contributed by atoms with Crippen LogP contribution in [0, 0.1) is 0 Å². The van der Waals surface area contributed by atoms with Crippen LogP contribution >= 0.6 is 0 Å². The van der Waals surface area contributed by atoms with Crippen LogP contribution in [0.15, 0.2) is 36.4 Å². The number of nitrogens with zero attached hydrogens (tertiary/aromatic N) is 4. The lowest BCUT2D eigenvalue weighted by atomic mass is 10.1. The van der Waals surface area contributed by atoms with Gasteiger partial charge in [-0.3, -0.25) is 14.4 Å². The number of benzene rings is 1. The third-order valence-electron chi connectivity index (χ3n) is 6.67. The van der Waals surface area contributed by atoms with Gasteiger partial charge in [0.1, 0.15) is 23.4 Å². The quantitative estimate of drug-likeness (QED) is 0.419. The highest BCUT2D eigenvalue weighted by Crippen LogP contribution is 2.22. The molecule has 3 amide bonds. The maximum atomic E-state index is 13.6. The summed E-state index contributed by atoms with van der Waals surface area (Å²) in [6.45, 7) is 6.82. The second-order valence-corrected chi connectivity index (χ2v) is 11.1. The lowest BCUT2D eigenvalue weighted by molar-refractivity contribution is -0.155. The van der Waals surface area contributed by atoms with E-state index in [9.17, 15) is 24.3 Å². The van der Waals surface area contributed by atoms with Gasteiger partial charge in [-0.05, 0) is 27.2 Å². The fourth-order valence-electron chi connectivity index (χ4n) is 4.58. The number of amides is 3. The molecule has 0 saturated carbocycles. The molecule has 1 aromatic carbocycles. The highest BCUT2D eigenvalue weighted by Gasteiger charge is 2.32. The summed E-state index contributed by atoms with van der Waals surface area (Å²) in [7, 11) is 0. The average molecular weight is 584 g/mol. The highest BCUT2D eigenvalue weighted by atomic mass is 16.6. The van der Waals surface area contributed by atoms with Gasteiger partial charge in [-0.15, -0.1) is 0 Å². The number of piperazine rings is 1. The van der Waals surface area contributed by atoms with E-state index in [1.54, 1.807) is 20.8 Å². The Balaban J connectivity index is 1.55. The third kappa shape index (κ3) is 8.62. The number of carbonyl (C=O) groups is 4. The zero-order chi connectivity index (χ0) is 30.3. The van der Waals surface area contributed by atoms with E-state index in [1.807, 2.05) is 30.3 Å². The van der Waals surface area contributed by atoms with Crippen LogP contribution in [-0.2, 0) is 19.1 Å². The standard InChI is InChI=1S/C29H37N5O8/c1-29(2,3)42-24(35)10-9-21(27(37)33-12-14-34(15-13-33)28(38)39)31-26(36)22-17-23(41-20-11-16-40-18-20)32-25(30-22)19-7-5-4-6-8-19/h4-8,17,20-21H,9-16,18H2,1-3H3,(H,31,36)(H,38,39)/t20-,21-/m0/s1. The molecule has 2 aromatic rings. The van der Waals surface area contributed by atoms with Gasteiger partial charge in [0, 0.05) is 50.7 Å². The van der Waals surface area contributed by atoms with Gasteiger partial charge < -0.3 is 34.4 Å². The molecule has 2 aliphatic rings. The fourth-order valence-corrected chi connectivity index (χ4v) is 4.58. The summed E-state index contributed by atoms with van der Waals surface area (Å²) in [6.07, 6.45) is -0.720. The van der Waals surface area contributed by atoms with Crippen LogP contribution in [0.25, 0.3) is 11.4 Å². The Hall–Kier alpha value is -4.26. The van der Waals surface area contributed by atoms with Crippen molar-refractivity contribution in [3.8, 4) is 17.3 Å². The summed E-state index contributed by atoms with van der Waals surface area (Å²) in [4.78, 5) is 62.6.